The van der Waals surface area contributed by atoms with Gasteiger partial charge in [-0.2, -0.15) is 0 Å². The summed E-state index contributed by atoms with van der Waals surface area (Å²) in [5.74, 6) is 0.645. The van der Waals surface area contributed by atoms with E-state index in [2.05, 4.69) is 81.2 Å². The molecule has 0 amide bonds. The maximum atomic E-state index is 3.67. The SMILES string of the molecule is CC(C)C1CNC(C)(C)CN1c1ccc(N(C)C)cc1. The zero-order valence-electron chi connectivity index (χ0n) is 13.8. The average molecular weight is 275 g/mol. The van der Waals surface area contributed by atoms with E-state index in [1.807, 2.05) is 0 Å². The van der Waals surface area contributed by atoms with E-state index < -0.39 is 0 Å². The fraction of sp³-hybridized carbons (Fsp3) is 0.647. The number of rotatable bonds is 3. The summed E-state index contributed by atoms with van der Waals surface area (Å²) in [6, 6.07) is 9.50. The van der Waals surface area contributed by atoms with Gasteiger partial charge in [-0.05, 0) is 44.0 Å². The van der Waals surface area contributed by atoms with E-state index in [0.29, 0.717) is 12.0 Å². The van der Waals surface area contributed by atoms with E-state index in [-0.39, 0.29) is 5.54 Å². The molecule has 0 aliphatic carbocycles. The predicted octanol–water partition coefficient (Wildman–Crippen LogP) is 2.97. The summed E-state index contributed by atoms with van der Waals surface area (Å²) >= 11 is 0. The minimum atomic E-state index is 0.172. The molecule has 3 nitrogen and oxygen atoms in total. The Kier molecular flexibility index (Phi) is 4.28. The molecule has 1 aliphatic rings. The molecule has 1 fully saturated rings. The molecular formula is C17H29N3. The molecule has 1 aliphatic heterocycles. The number of hydrogen-bond acceptors (Lipinski definition) is 3. The first-order chi connectivity index (χ1) is 9.30. The fourth-order valence-electron chi connectivity index (χ4n) is 2.91. The Morgan fingerprint density at radius 1 is 1.20 bits per heavy atom. The van der Waals surface area contributed by atoms with E-state index in [4.69, 9.17) is 0 Å². The molecule has 0 bridgehead atoms. The van der Waals surface area contributed by atoms with Crippen LogP contribution in [0, 0.1) is 5.92 Å². The van der Waals surface area contributed by atoms with Crippen molar-refractivity contribution in [3.05, 3.63) is 24.3 Å². The van der Waals surface area contributed by atoms with E-state index in [0.717, 1.165) is 13.1 Å². The van der Waals surface area contributed by atoms with Crippen LogP contribution >= 0.6 is 0 Å². The van der Waals surface area contributed by atoms with Gasteiger partial charge in [-0.15, -0.1) is 0 Å². The minimum Gasteiger partial charge on any atom is -0.378 e. The molecule has 1 N–H and O–H groups in total. The van der Waals surface area contributed by atoms with Crippen LogP contribution in [-0.4, -0.2) is 38.8 Å². The topological polar surface area (TPSA) is 18.5 Å². The predicted molar refractivity (Wildman–Crippen MR) is 88.8 cm³/mol. The highest BCUT2D eigenvalue weighted by Crippen LogP contribution is 2.28. The fourth-order valence-corrected chi connectivity index (χ4v) is 2.91. The lowest BCUT2D eigenvalue weighted by Crippen LogP contribution is -2.63. The molecule has 1 heterocycles. The molecule has 1 aromatic carbocycles. The van der Waals surface area contributed by atoms with Gasteiger partial charge in [-0.25, -0.2) is 0 Å². The van der Waals surface area contributed by atoms with Gasteiger partial charge in [0, 0.05) is 50.1 Å². The Hall–Kier alpha value is -1.22. The highest BCUT2D eigenvalue weighted by Gasteiger charge is 2.33. The van der Waals surface area contributed by atoms with Gasteiger partial charge in [0.25, 0.3) is 0 Å². The van der Waals surface area contributed by atoms with Crippen molar-refractivity contribution < 1.29 is 0 Å². The lowest BCUT2D eigenvalue weighted by Gasteiger charge is -2.47. The summed E-state index contributed by atoms with van der Waals surface area (Å²) in [5, 5.41) is 3.67. The number of benzene rings is 1. The Bertz CT molecular complexity index is 434. The van der Waals surface area contributed by atoms with Crippen molar-refractivity contribution in [2.24, 2.45) is 5.92 Å². The van der Waals surface area contributed by atoms with Crippen LogP contribution in [-0.2, 0) is 0 Å². The summed E-state index contributed by atoms with van der Waals surface area (Å²) in [7, 11) is 4.17. The normalized spacial score (nSPS) is 22.1. The standard InChI is InChI=1S/C17H29N3/c1-13(2)16-11-18-17(3,4)12-20(16)15-9-7-14(8-10-15)19(5)6/h7-10,13,16,18H,11-12H2,1-6H3. The largest absolute Gasteiger partial charge is 0.378 e. The molecule has 1 saturated heterocycles. The third-order valence-electron chi connectivity index (χ3n) is 4.22. The quantitative estimate of drug-likeness (QED) is 0.915. The number of nitrogens with one attached hydrogen (secondary N) is 1. The first-order valence-electron chi connectivity index (χ1n) is 7.59. The van der Waals surface area contributed by atoms with Crippen molar-refractivity contribution in [1.82, 2.24) is 5.32 Å². The first-order valence-corrected chi connectivity index (χ1v) is 7.59. The first kappa shape index (κ1) is 15.2. The Morgan fingerprint density at radius 3 is 2.30 bits per heavy atom. The zero-order valence-corrected chi connectivity index (χ0v) is 13.8. The summed E-state index contributed by atoms with van der Waals surface area (Å²) in [6.07, 6.45) is 0. The summed E-state index contributed by atoms with van der Waals surface area (Å²) in [5.41, 5.74) is 2.76. The second-order valence-electron chi connectivity index (χ2n) is 7.11. The zero-order chi connectivity index (χ0) is 14.9. The molecular weight excluding hydrogens is 246 g/mol. The van der Waals surface area contributed by atoms with Crippen molar-refractivity contribution in [1.29, 1.82) is 0 Å². The van der Waals surface area contributed by atoms with Gasteiger partial charge in [0.05, 0.1) is 0 Å². The third kappa shape index (κ3) is 3.26. The van der Waals surface area contributed by atoms with Crippen molar-refractivity contribution >= 4 is 11.4 Å². The van der Waals surface area contributed by atoms with Crippen LogP contribution in [0.5, 0.6) is 0 Å². The lowest BCUT2D eigenvalue weighted by molar-refractivity contribution is 0.277. The van der Waals surface area contributed by atoms with Gasteiger partial charge in [0.15, 0.2) is 0 Å². The number of anilines is 2. The third-order valence-corrected chi connectivity index (χ3v) is 4.22. The van der Waals surface area contributed by atoms with Crippen LogP contribution in [0.4, 0.5) is 11.4 Å². The average Bonchev–Trinajstić information content (AvgIpc) is 2.37. The summed E-state index contributed by atoms with van der Waals surface area (Å²) in [6.45, 7) is 11.3. The number of piperazine rings is 1. The molecule has 1 aromatic rings. The maximum Gasteiger partial charge on any atom is 0.0438 e. The van der Waals surface area contributed by atoms with Gasteiger partial charge < -0.3 is 15.1 Å². The molecule has 20 heavy (non-hydrogen) atoms. The van der Waals surface area contributed by atoms with Crippen LogP contribution in [0.25, 0.3) is 0 Å². The molecule has 1 atom stereocenters. The lowest BCUT2D eigenvalue weighted by atomic mass is 9.92. The van der Waals surface area contributed by atoms with Gasteiger partial charge in [-0.1, -0.05) is 13.8 Å². The van der Waals surface area contributed by atoms with Gasteiger partial charge in [0.1, 0.15) is 0 Å². The molecule has 0 radical (unpaired) electrons. The highest BCUT2D eigenvalue weighted by atomic mass is 15.3. The molecule has 112 valence electrons. The van der Waals surface area contributed by atoms with Crippen LogP contribution in [0.15, 0.2) is 24.3 Å². The van der Waals surface area contributed by atoms with Crippen LogP contribution in [0.2, 0.25) is 0 Å². The van der Waals surface area contributed by atoms with Crippen molar-refractivity contribution in [2.75, 3.05) is 37.0 Å². The van der Waals surface area contributed by atoms with Gasteiger partial charge in [0.2, 0.25) is 0 Å². The molecule has 0 saturated carbocycles. The van der Waals surface area contributed by atoms with E-state index in [1.54, 1.807) is 0 Å². The summed E-state index contributed by atoms with van der Waals surface area (Å²) < 4.78 is 0. The van der Waals surface area contributed by atoms with Gasteiger partial charge in [-0.3, -0.25) is 0 Å². The molecule has 0 spiro atoms. The highest BCUT2D eigenvalue weighted by molar-refractivity contribution is 5.57. The smallest absolute Gasteiger partial charge is 0.0438 e. The monoisotopic (exact) mass is 275 g/mol. The van der Waals surface area contributed by atoms with E-state index in [1.165, 1.54) is 11.4 Å². The second-order valence-corrected chi connectivity index (χ2v) is 7.11. The number of nitrogens with zero attached hydrogens (tertiary/aromatic N) is 2. The van der Waals surface area contributed by atoms with E-state index in [9.17, 15) is 0 Å². The minimum absolute atomic E-state index is 0.172. The van der Waals surface area contributed by atoms with Crippen molar-refractivity contribution in [3.8, 4) is 0 Å². The molecule has 1 unspecified atom stereocenters. The number of hydrogen-bond donors (Lipinski definition) is 1. The second kappa shape index (κ2) is 5.65. The van der Waals surface area contributed by atoms with Crippen molar-refractivity contribution in [2.45, 2.75) is 39.3 Å². The maximum absolute atomic E-state index is 3.67. The van der Waals surface area contributed by atoms with Gasteiger partial charge >= 0.3 is 0 Å². The van der Waals surface area contributed by atoms with Crippen LogP contribution in [0.1, 0.15) is 27.7 Å². The van der Waals surface area contributed by atoms with Crippen molar-refractivity contribution in [3.63, 3.8) is 0 Å². The van der Waals surface area contributed by atoms with Crippen LogP contribution in [0.3, 0.4) is 0 Å². The molecule has 3 heteroatoms. The Morgan fingerprint density at radius 2 is 1.80 bits per heavy atom. The molecule has 2 rings (SSSR count). The van der Waals surface area contributed by atoms with E-state index >= 15 is 0 Å². The van der Waals surface area contributed by atoms with Crippen LogP contribution < -0.4 is 15.1 Å². The Balaban J connectivity index is 2.25. The summed E-state index contributed by atoms with van der Waals surface area (Å²) in [4.78, 5) is 4.71. The Labute approximate surface area is 124 Å². The molecule has 0 aromatic heterocycles.